The fraction of sp³-hybridized carbons (Fsp3) is 0.333. The van der Waals surface area contributed by atoms with Crippen LogP contribution in [0.25, 0.3) is 5.57 Å². The Morgan fingerprint density at radius 1 is 1.09 bits per heavy atom. The van der Waals surface area contributed by atoms with E-state index in [9.17, 15) is 14.7 Å². The maximum atomic E-state index is 13.3. The van der Waals surface area contributed by atoms with Gasteiger partial charge in [-0.25, -0.2) is 0 Å². The number of benzene rings is 2. The number of halogens is 1. The Bertz CT molecular complexity index is 1270. The van der Waals surface area contributed by atoms with Crippen molar-refractivity contribution in [3.8, 4) is 11.5 Å². The number of rotatable bonds is 5. The van der Waals surface area contributed by atoms with Gasteiger partial charge in [0.25, 0.3) is 0 Å². The zero-order valence-electron chi connectivity index (χ0n) is 19.2. The van der Waals surface area contributed by atoms with Crippen molar-refractivity contribution in [1.82, 2.24) is 9.80 Å². The Kier molecular flexibility index (Phi) is 5.36. The van der Waals surface area contributed by atoms with E-state index in [-0.39, 0.29) is 43.2 Å². The van der Waals surface area contributed by atoms with Gasteiger partial charge in [-0.05, 0) is 34.4 Å². The molecular weight excluding hydrogens is 512 g/mol. The highest BCUT2D eigenvalue weighted by Crippen LogP contribution is 2.54. The highest BCUT2D eigenvalue weighted by molar-refractivity contribution is 9.10. The van der Waals surface area contributed by atoms with Crippen molar-refractivity contribution in [1.29, 1.82) is 0 Å². The fourth-order valence-corrected chi connectivity index (χ4v) is 6.60. The zero-order valence-corrected chi connectivity index (χ0v) is 20.8. The first-order chi connectivity index (χ1) is 16.9. The lowest BCUT2D eigenvalue weighted by Crippen LogP contribution is -2.61. The number of amides is 2. The molecule has 2 aromatic carbocycles. The van der Waals surface area contributed by atoms with Crippen LogP contribution in [0.15, 0.2) is 59.6 Å². The van der Waals surface area contributed by atoms with Gasteiger partial charge in [0.1, 0.15) is 0 Å². The maximum absolute atomic E-state index is 13.3. The van der Waals surface area contributed by atoms with E-state index in [1.165, 1.54) is 4.90 Å². The topological polar surface area (TPSA) is 79.3 Å². The number of nitrogens with zero attached hydrogens (tertiary/aromatic N) is 2. The van der Waals surface area contributed by atoms with E-state index in [0.29, 0.717) is 18.0 Å². The first kappa shape index (κ1) is 22.5. The number of hydrogen-bond donors (Lipinski definition) is 1. The summed E-state index contributed by atoms with van der Waals surface area (Å²) < 4.78 is 12.0. The summed E-state index contributed by atoms with van der Waals surface area (Å²) in [5.41, 5.74) is 3.90. The molecule has 4 aliphatic heterocycles. The summed E-state index contributed by atoms with van der Waals surface area (Å²) in [6, 6.07) is 11.2. The van der Waals surface area contributed by atoms with Gasteiger partial charge in [0, 0.05) is 36.1 Å². The van der Waals surface area contributed by atoms with Crippen molar-refractivity contribution in [3.63, 3.8) is 0 Å². The molecule has 5 unspecified atom stereocenters. The van der Waals surface area contributed by atoms with Gasteiger partial charge in [0.05, 0.1) is 18.4 Å². The lowest BCUT2D eigenvalue weighted by atomic mass is 9.61. The number of fused-ring (bicyclic) bond motifs is 2. The minimum absolute atomic E-state index is 0.0265. The lowest BCUT2D eigenvalue weighted by Gasteiger charge is -2.54. The summed E-state index contributed by atoms with van der Waals surface area (Å²) in [7, 11) is 1.58. The summed E-state index contributed by atoms with van der Waals surface area (Å²) in [4.78, 5) is 30.1. The smallest absolute Gasteiger partial charge is 0.234 e. The zero-order chi connectivity index (χ0) is 24.4. The summed E-state index contributed by atoms with van der Waals surface area (Å²) in [6.45, 7) is 4.86. The quantitative estimate of drug-likeness (QED) is 0.466. The van der Waals surface area contributed by atoms with E-state index in [2.05, 4.69) is 33.5 Å². The summed E-state index contributed by atoms with van der Waals surface area (Å²) in [6.07, 6.45) is 4.06. The molecule has 7 nitrogen and oxygen atoms in total. The van der Waals surface area contributed by atoms with Crippen molar-refractivity contribution in [2.24, 2.45) is 17.8 Å². The standard InChI is InChI=1S/C27H25BrN2O5/c1-3-19-23-17(15-6-4-14(12-31)5-7-15)9-20(24-25(23)27(33)29(2)26(24)32)30(19)11-16-8-21-22(10-18(16)28)35-13-34-21/h3-10,19-20,23-25,31H,1,11-13H2,2H3. The Hall–Kier alpha value is -2.94. The molecule has 180 valence electrons. The molecule has 2 saturated heterocycles. The molecule has 2 bridgehead atoms. The third-order valence-electron chi connectivity index (χ3n) is 7.82. The van der Waals surface area contributed by atoms with Gasteiger partial charge in [-0.2, -0.15) is 0 Å². The van der Waals surface area contributed by atoms with E-state index in [0.717, 1.165) is 26.7 Å². The number of imide groups is 1. The molecule has 2 amide bonds. The van der Waals surface area contributed by atoms with Crippen LogP contribution in [-0.2, 0) is 22.7 Å². The van der Waals surface area contributed by atoms with Crippen molar-refractivity contribution < 1.29 is 24.2 Å². The molecular formula is C27H25BrN2O5. The second-order valence-corrected chi connectivity index (χ2v) is 10.3. The number of carbonyl (C=O) groups excluding carboxylic acids is 2. The van der Waals surface area contributed by atoms with Crippen LogP contribution in [-0.4, -0.2) is 52.6 Å². The molecule has 2 fully saturated rings. The van der Waals surface area contributed by atoms with Crippen LogP contribution in [0.3, 0.4) is 0 Å². The normalized spacial score (nSPS) is 28.9. The maximum Gasteiger partial charge on any atom is 0.234 e. The second-order valence-electron chi connectivity index (χ2n) is 9.48. The fourth-order valence-electron chi connectivity index (χ4n) is 6.16. The number of piperidine rings is 1. The largest absolute Gasteiger partial charge is 0.454 e. The minimum Gasteiger partial charge on any atom is -0.454 e. The number of carbonyl (C=O) groups is 2. The van der Waals surface area contributed by atoms with E-state index in [1.807, 2.05) is 42.5 Å². The molecule has 1 N–H and O–H groups in total. The van der Waals surface area contributed by atoms with Crippen LogP contribution in [0, 0.1) is 17.8 Å². The highest BCUT2D eigenvalue weighted by atomic mass is 79.9. The third kappa shape index (κ3) is 3.31. The molecule has 1 aliphatic carbocycles. The Balaban J connectivity index is 1.45. The molecule has 0 saturated carbocycles. The Morgan fingerprint density at radius 3 is 2.46 bits per heavy atom. The van der Waals surface area contributed by atoms with E-state index >= 15 is 0 Å². The molecule has 8 heteroatoms. The van der Waals surface area contributed by atoms with Gasteiger partial charge < -0.3 is 14.6 Å². The van der Waals surface area contributed by atoms with Gasteiger partial charge >= 0.3 is 0 Å². The Morgan fingerprint density at radius 2 is 1.77 bits per heavy atom. The van der Waals surface area contributed by atoms with Crippen LogP contribution < -0.4 is 9.47 Å². The molecule has 5 aliphatic rings. The third-order valence-corrected chi connectivity index (χ3v) is 8.56. The predicted octanol–water partition coefficient (Wildman–Crippen LogP) is 3.35. The molecule has 35 heavy (non-hydrogen) atoms. The highest BCUT2D eigenvalue weighted by Gasteiger charge is 2.62. The van der Waals surface area contributed by atoms with Crippen LogP contribution in [0.4, 0.5) is 0 Å². The van der Waals surface area contributed by atoms with E-state index in [4.69, 9.17) is 9.47 Å². The first-order valence-corrected chi connectivity index (χ1v) is 12.4. The van der Waals surface area contributed by atoms with Gasteiger partial charge in [-0.1, -0.05) is 52.3 Å². The number of aliphatic hydroxyl groups is 1. The molecule has 7 rings (SSSR count). The van der Waals surface area contributed by atoms with Gasteiger partial charge in [0.15, 0.2) is 11.5 Å². The number of hydrogen-bond acceptors (Lipinski definition) is 6. The summed E-state index contributed by atoms with van der Waals surface area (Å²) in [5, 5.41) is 9.45. The molecule has 2 aromatic rings. The number of ether oxygens (including phenoxy) is 2. The van der Waals surface area contributed by atoms with Gasteiger partial charge in [-0.3, -0.25) is 19.4 Å². The van der Waals surface area contributed by atoms with Crippen molar-refractivity contribution in [3.05, 3.63) is 76.3 Å². The predicted molar refractivity (Wildman–Crippen MR) is 132 cm³/mol. The van der Waals surface area contributed by atoms with E-state index < -0.39 is 11.8 Å². The molecule has 0 radical (unpaired) electrons. The van der Waals surface area contributed by atoms with E-state index in [1.54, 1.807) is 7.05 Å². The number of likely N-dealkylation sites (tertiary alicyclic amines) is 1. The van der Waals surface area contributed by atoms with Crippen LogP contribution >= 0.6 is 15.9 Å². The van der Waals surface area contributed by atoms with Crippen molar-refractivity contribution >= 4 is 33.3 Å². The van der Waals surface area contributed by atoms with Crippen molar-refractivity contribution in [2.75, 3.05) is 13.8 Å². The summed E-state index contributed by atoms with van der Waals surface area (Å²) in [5.74, 6) is 0.0906. The van der Waals surface area contributed by atoms with Crippen LogP contribution in [0.2, 0.25) is 0 Å². The van der Waals surface area contributed by atoms with Crippen LogP contribution in [0.5, 0.6) is 11.5 Å². The average Bonchev–Trinajstić information content (AvgIpc) is 3.42. The monoisotopic (exact) mass is 536 g/mol. The lowest BCUT2D eigenvalue weighted by molar-refractivity contribution is -0.138. The van der Waals surface area contributed by atoms with Gasteiger partial charge in [0.2, 0.25) is 18.6 Å². The molecule has 5 atom stereocenters. The molecule has 0 spiro atoms. The first-order valence-electron chi connectivity index (χ1n) is 11.6. The second kappa shape index (κ2) is 8.33. The van der Waals surface area contributed by atoms with Crippen molar-refractivity contribution in [2.45, 2.75) is 25.2 Å². The minimum atomic E-state index is -0.429. The Labute approximate surface area is 211 Å². The average molecular weight is 537 g/mol. The van der Waals surface area contributed by atoms with Crippen LogP contribution in [0.1, 0.15) is 16.7 Å². The van der Waals surface area contributed by atoms with Gasteiger partial charge in [-0.15, -0.1) is 6.58 Å². The SMILES string of the molecule is C=CC1C2C(c3ccc(CO)cc3)=CC(C3C(=O)N(C)C(=O)C32)N1Cc1cc2c(cc1Br)OCO2. The molecule has 0 aromatic heterocycles. The summed E-state index contributed by atoms with van der Waals surface area (Å²) >= 11 is 3.67. The number of aliphatic hydroxyl groups excluding tert-OH is 1. The molecule has 4 heterocycles.